The van der Waals surface area contributed by atoms with Crippen LogP contribution in [0.15, 0.2) is 89.8 Å². The summed E-state index contributed by atoms with van der Waals surface area (Å²) < 4.78 is 10.4. The molecule has 3 aromatic carbocycles. The smallest absolute Gasteiger partial charge is 0.343 e. The topological polar surface area (TPSA) is 84.9 Å². The van der Waals surface area contributed by atoms with Crippen LogP contribution in [-0.2, 0) is 19.1 Å². The summed E-state index contributed by atoms with van der Waals surface area (Å²) in [7, 11) is 1.23. The number of ether oxygens (including phenoxy) is 2. The zero-order valence-corrected chi connectivity index (χ0v) is 21.5. The van der Waals surface area contributed by atoms with Crippen molar-refractivity contribution in [3.8, 4) is 5.75 Å². The Morgan fingerprint density at radius 2 is 1.68 bits per heavy atom. The third kappa shape index (κ3) is 6.02. The molecule has 0 bridgehead atoms. The molecule has 1 aliphatic rings. The molecule has 0 saturated carbocycles. The van der Waals surface area contributed by atoms with Gasteiger partial charge >= 0.3 is 5.97 Å². The molecule has 0 aliphatic carbocycles. The number of carbonyl (C=O) groups excluding carboxylic acids is 3. The number of rotatable bonds is 7. The lowest BCUT2D eigenvalue weighted by Crippen LogP contribution is -2.20. The normalized spacial score (nSPS) is 14.2. The highest BCUT2D eigenvalue weighted by Gasteiger charge is 2.38. The van der Waals surface area contributed by atoms with Crippen LogP contribution < -0.4 is 15.0 Å². The Morgan fingerprint density at radius 3 is 2.32 bits per heavy atom. The second kappa shape index (κ2) is 11.3. The number of hydrogen-bond donors (Lipinski definition) is 1. The van der Waals surface area contributed by atoms with Crippen molar-refractivity contribution in [1.29, 1.82) is 0 Å². The van der Waals surface area contributed by atoms with Crippen molar-refractivity contribution in [2.45, 2.75) is 6.92 Å². The molecule has 0 fully saturated rings. The molecule has 1 N–H and O–H groups in total. The summed E-state index contributed by atoms with van der Waals surface area (Å²) in [5.41, 5.74) is 2.65. The van der Waals surface area contributed by atoms with Gasteiger partial charge in [0.2, 0.25) is 5.78 Å². The van der Waals surface area contributed by atoms with E-state index in [0.29, 0.717) is 38.4 Å². The van der Waals surface area contributed by atoms with Gasteiger partial charge in [0.05, 0.1) is 12.8 Å². The summed E-state index contributed by atoms with van der Waals surface area (Å²) in [6, 6.07) is 20.6. The average molecular weight is 537 g/mol. The lowest BCUT2D eigenvalue weighted by atomic mass is 10.1. The van der Waals surface area contributed by atoms with E-state index in [9.17, 15) is 14.4 Å². The maximum Gasteiger partial charge on any atom is 0.343 e. The van der Waals surface area contributed by atoms with E-state index in [1.54, 1.807) is 90.7 Å². The quantitative estimate of drug-likeness (QED) is 0.230. The molecule has 3 aromatic rings. The van der Waals surface area contributed by atoms with E-state index < -0.39 is 11.8 Å². The van der Waals surface area contributed by atoms with Crippen LogP contribution in [0.3, 0.4) is 0 Å². The molecule has 37 heavy (non-hydrogen) atoms. The molecule has 0 radical (unpaired) electrons. The van der Waals surface area contributed by atoms with Crippen molar-refractivity contribution in [2.75, 3.05) is 23.9 Å². The van der Waals surface area contributed by atoms with Crippen LogP contribution >= 0.6 is 23.2 Å². The van der Waals surface area contributed by atoms with Gasteiger partial charge in [-0.2, -0.15) is 0 Å². The van der Waals surface area contributed by atoms with Gasteiger partial charge in [0.25, 0.3) is 5.91 Å². The summed E-state index contributed by atoms with van der Waals surface area (Å²) in [5.74, 6) is -1.01. The molecule has 0 aromatic heterocycles. The number of hydrogen-bond acceptors (Lipinski definition) is 6. The third-order valence-electron chi connectivity index (χ3n) is 5.53. The molecular formula is C28H22Cl2N2O5. The molecule has 0 atom stereocenters. The van der Waals surface area contributed by atoms with Crippen molar-refractivity contribution < 1.29 is 23.9 Å². The van der Waals surface area contributed by atoms with Gasteiger partial charge in [0.1, 0.15) is 11.3 Å². The molecule has 0 saturated heterocycles. The molecule has 1 amide bonds. The molecule has 0 unspecified atom stereocenters. The minimum absolute atomic E-state index is 0.0330. The zero-order chi connectivity index (χ0) is 26.5. The van der Waals surface area contributed by atoms with E-state index in [1.165, 1.54) is 7.11 Å². The van der Waals surface area contributed by atoms with Crippen LogP contribution in [0.25, 0.3) is 6.08 Å². The molecule has 1 heterocycles. The first-order valence-corrected chi connectivity index (χ1v) is 11.9. The van der Waals surface area contributed by atoms with Gasteiger partial charge in [-0.3, -0.25) is 9.59 Å². The number of Topliss-reactive ketones (excluding diaryl/α,β-unsaturated/α-hetero) is 1. The second-order valence-electron chi connectivity index (χ2n) is 8.04. The van der Waals surface area contributed by atoms with Crippen molar-refractivity contribution in [1.82, 2.24) is 0 Å². The number of esters is 1. The third-order valence-corrected chi connectivity index (χ3v) is 6.02. The number of ketones is 1. The molecule has 1 aliphatic heterocycles. The molecule has 188 valence electrons. The van der Waals surface area contributed by atoms with Crippen molar-refractivity contribution >= 4 is 58.3 Å². The van der Waals surface area contributed by atoms with Crippen LogP contribution in [0.4, 0.5) is 11.4 Å². The summed E-state index contributed by atoms with van der Waals surface area (Å²) in [6.07, 6.45) is 1.67. The van der Waals surface area contributed by atoms with Crippen LogP contribution in [-0.4, -0.2) is 31.4 Å². The van der Waals surface area contributed by atoms with E-state index in [4.69, 9.17) is 32.7 Å². The number of nitrogens with zero attached hydrogens (tertiary/aromatic N) is 1. The maximum atomic E-state index is 13.2. The monoisotopic (exact) mass is 536 g/mol. The largest absolute Gasteiger partial charge is 0.484 e. The van der Waals surface area contributed by atoms with Crippen molar-refractivity contribution in [2.24, 2.45) is 0 Å². The summed E-state index contributed by atoms with van der Waals surface area (Å²) in [6.45, 7) is 1.49. The lowest BCUT2D eigenvalue weighted by Gasteiger charge is -2.21. The standard InChI is InChI=1S/C28H22Cl2N2O5/c1-17-26(28(35)36-2)27(34)24(32(17)22-10-8-19(29)9-11-22)14-18-6-12-23(13-7-18)37-16-25(33)31-21-5-3-4-20(30)15-21/h3-15H,16H2,1-2H3,(H,31,33)/b24-14-. The van der Waals surface area contributed by atoms with E-state index >= 15 is 0 Å². The second-order valence-corrected chi connectivity index (χ2v) is 8.91. The van der Waals surface area contributed by atoms with E-state index in [-0.39, 0.29) is 23.8 Å². The van der Waals surface area contributed by atoms with Gasteiger partial charge in [0, 0.05) is 27.1 Å². The van der Waals surface area contributed by atoms with Crippen molar-refractivity contribution in [3.63, 3.8) is 0 Å². The Morgan fingerprint density at radius 1 is 0.973 bits per heavy atom. The maximum absolute atomic E-state index is 13.2. The zero-order valence-electron chi connectivity index (χ0n) is 20.0. The summed E-state index contributed by atoms with van der Waals surface area (Å²) in [4.78, 5) is 39.4. The van der Waals surface area contributed by atoms with Gasteiger partial charge < -0.3 is 19.7 Å². The minimum atomic E-state index is -0.704. The molecule has 9 heteroatoms. The van der Waals surface area contributed by atoms with E-state index in [0.717, 1.165) is 0 Å². The number of benzene rings is 3. The SMILES string of the molecule is COC(=O)C1=C(C)N(c2ccc(Cl)cc2)/C(=C\c2ccc(OCC(=O)Nc3cccc(Cl)c3)cc2)C1=O. The van der Waals surface area contributed by atoms with Gasteiger partial charge in [-0.1, -0.05) is 41.4 Å². The van der Waals surface area contributed by atoms with Gasteiger partial charge in [-0.15, -0.1) is 0 Å². The Labute approximate surface area is 223 Å². The number of nitrogens with one attached hydrogen (secondary N) is 1. The van der Waals surface area contributed by atoms with E-state index in [2.05, 4.69) is 5.32 Å². The first-order chi connectivity index (χ1) is 17.8. The molecule has 7 nitrogen and oxygen atoms in total. The number of carbonyl (C=O) groups is 3. The summed E-state index contributed by atoms with van der Waals surface area (Å²) >= 11 is 12.0. The van der Waals surface area contributed by atoms with Gasteiger partial charge in [-0.25, -0.2) is 4.79 Å². The fraction of sp³-hybridized carbons (Fsp3) is 0.107. The predicted octanol–water partition coefficient (Wildman–Crippen LogP) is 5.89. The number of methoxy groups -OCH3 is 1. The first kappa shape index (κ1) is 26.0. The average Bonchev–Trinajstić information content (AvgIpc) is 3.12. The Kier molecular flexibility index (Phi) is 7.96. The Bertz CT molecular complexity index is 1410. The van der Waals surface area contributed by atoms with Crippen LogP contribution in [0, 0.1) is 0 Å². The van der Waals surface area contributed by atoms with Crippen LogP contribution in [0.2, 0.25) is 10.0 Å². The van der Waals surface area contributed by atoms with Crippen molar-refractivity contribution in [3.05, 3.63) is 105 Å². The number of halogens is 2. The van der Waals surface area contributed by atoms with Gasteiger partial charge in [0.15, 0.2) is 6.61 Å². The highest BCUT2D eigenvalue weighted by Crippen LogP contribution is 2.36. The number of allylic oxidation sites excluding steroid dienone is 2. The Hall–Kier alpha value is -4.07. The molecule has 4 rings (SSSR count). The Balaban J connectivity index is 1.51. The fourth-order valence-corrected chi connectivity index (χ4v) is 4.13. The molecular weight excluding hydrogens is 515 g/mol. The lowest BCUT2D eigenvalue weighted by molar-refractivity contribution is -0.137. The van der Waals surface area contributed by atoms with Gasteiger partial charge in [-0.05, 0) is 73.2 Å². The fourth-order valence-electron chi connectivity index (χ4n) is 3.81. The van der Waals surface area contributed by atoms with Crippen LogP contribution in [0.5, 0.6) is 5.75 Å². The predicted molar refractivity (Wildman–Crippen MR) is 144 cm³/mol. The van der Waals surface area contributed by atoms with E-state index in [1.807, 2.05) is 0 Å². The number of anilines is 2. The van der Waals surface area contributed by atoms with Crippen LogP contribution in [0.1, 0.15) is 12.5 Å². The minimum Gasteiger partial charge on any atom is -0.484 e. The highest BCUT2D eigenvalue weighted by atomic mass is 35.5. The highest BCUT2D eigenvalue weighted by molar-refractivity contribution is 6.31. The molecule has 0 spiro atoms. The summed E-state index contributed by atoms with van der Waals surface area (Å²) in [5, 5.41) is 3.78. The first-order valence-electron chi connectivity index (χ1n) is 11.2. The number of amides is 1.